The lowest BCUT2D eigenvalue weighted by atomic mass is 9.94. The predicted molar refractivity (Wildman–Crippen MR) is 266 cm³/mol. The van der Waals surface area contributed by atoms with E-state index in [1.54, 1.807) is 0 Å². The Kier molecular flexibility index (Phi) is 38.6. The molecule has 4 unspecified atom stereocenters. The van der Waals surface area contributed by atoms with Crippen molar-refractivity contribution in [3.05, 3.63) is 24.3 Å². The standard InChI is InChI=1S/C55H97NO10/c1-7-10-13-14-15-16-17-18-19-20-21-22-23-24-25-28-33-49(40-42-62-55(61)43-48-38-39-50(46(48)4)66-54(60)37-31-41-56(5)6)65-53(59)36-30-29-32-47(44-63-51(57)34-26-11-8-2)45-64-52(58)35-27-12-9-3/h15-16,18-19,46-50H,7-14,17,20-45H2,1-6H3/b16-15-,19-18-. The van der Waals surface area contributed by atoms with Crippen LogP contribution in [0.5, 0.6) is 0 Å². The second-order valence-corrected chi connectivity index (χ2v) is 19.2. The largest absolute Gasteiger partial charge is 0.466 e. The molecule has 11 nitrogen and oxygen atoms in total. The molecule has 1 rings (SSSR count). The topological polar surface area (TPSA) is 135 Å². The minimum atomic E-state index is -0.343. The summed E-state index contributed by atoms with van der Waals surface area (Å²) in [5.41, 5.74) is 0. The SMILES string of the molecule is CCCCC/C=C\C/C=C\CCCCCCCCC(CCOC(=O)CC1CCC(OC(=O)CCCN(C)C)C1C)OC(=O)CCCCC(COC(=O)CCCCC)COC(=O)CCCCC. The number of allylic oxidation sites excluding steroid dienone is 4. The highest BCUT2D eigenvalue weighted by Crippen LogP contribution is 2.36. The van der Waals surface area contributed by atoms with E-state index in [9.17, 15) is 24.0 Å². The molecule has 0 saturated heterocycles. The molecule has 1 aliphatic carbocycles. The molecule has 0 N–H and O–H groups in total. The smallest absolute Gasteiger partial charge is 0.306 e. The van der Waals surface area contributed by atoms with E-state index in [1.165, 1.54) is 44.9 Å². The van der Waals surface area contributed by atoms with Crippen LogP contribution in [0.4, 0.5) is 0 Å². The van der Waals surface area contributed by atoms with Crippen molar-refractivity contribution in [3.8, 4) is 0 Å². The quantitative estimate of drug-likeness (QED) is 0.0250. The van der Waals surface area contributed by atoms with Crippen LogP contribution in [0.15, 0.2) is 24.3 Å². The highest BCUT2D eigenvalue weighted by atomic mass is 16.6. The number of carbonyl (C=O) groups excluding carboxylic acids is 5. The van der Waals surface area contributed by atoms with Crippen LogP contribution in [0.3, 0.4) is 0 Å². The van der Waals surface area contributed by atoms with Crippen molar-refractivity contribution in [1.29, 1.82) is 0 Å². The highest BCUT2D eigenvalue weighted by molar-refractivity contribution is 5.71. The van der Waals surface area contributed by atoms with E-state index >= 15 is 0 Å². The summed E-state index contributed by atoms with van der Waals surface area (Å²) in [4.78, 5) is 65.3. The zero-order valence-corrected chi connectivity index (χ0v) is 43.0. The van der Waals surface area contributed by atoms with Crippen LogP contribution in [-0.2, 0) is 47.7 Å². The fraction of sp³-hybridized carbons (Fsp3) is 0.836. The predicted octanol–water partition coefficient (Wildman–Crippen LogP) is 13.1. The van der Waals surface area contributed by atoms with Crippen LogP contribution in [0.2, 0.25) is 0 Å². The molecular weight excluding hydrogens is 835 g/mol. The Bertz CT molecular complexity index is 1290. The number of unbranched alkanes of at least 4 members (excludes halogenated alkanes) is 14. The maximum atomic E-state index is 13.2. The van der Waals surface area contributed by atoms with E-state index in [4.69, 9.17) is 23.7 Å². The number of rotatable bonds is 43. The van der Waals surface area contributed by atoms with Gasteiger partial charge in [-0.1, -0.05) is 123 Å². The molecule has 66 heavy (non-hydrogen) atoms. The van der Waals surface area contributed by atoms with Gasteiger partial charge in [0.05, 0.1) is 19.8 Å². The molecule has 1 aliphatic rings. The summed E-state index contributed by atoms with van der Waals surface area (Å²) in [5, 5.41) is 0. The van der Waals surface area contributed by atoms with Gasteiger partial charge in [0.25, 0.3) is 0 Å². The third-order valence-electron chi connectivity index (χ3n) is 12.7. The first-order valence-corrected chi connectivity index (χ1v) is 26.8. The zero-order valence-electron chi connectivity index (χ0n) is 43.0. The van der Waals surface area contributed by atoms with Crippen molar-refractivity contribution in [1.82, 2.24) is 4.90 Å². The average molecular weight is 932 g/mol. The van der Waals surface area contributed by atoms with Crippen molar-refractivity contribution in [2.24, 2.45) is 17.8 Å². The van der Waals surface area contributed by atoms with Gasteiger partial charge in [0.15, 0.2) is 0 Å². The van der Waals surface area contributed by atoms with Crippen molar-refractivity contribution in [2.45, 2.75) is 239 Å². The molecule has 4 atom stereocenters. The maximum Gasteiger partial charge on any atom is 0.306 e. The van der Waals surface area contributed by atoms with Crippen molar-refractivity contribution in [3.63, 3.8) is 0 Å². The van der Waals surface area contributed by atoms with Gasteiger partial charge in [0, 0.05) is 44.4 Å². The lowest BCUT2D eigenvalue weighted by molar-refractivity contribution is -0.152. The number of hydrogen-bond acceptors (Lipinski definition) is 11. The van der Waals surface area contributed by atoms with Gasteiger partial charge in [-0.3, -0.25) is 24.0 Å². The second kappa shape index (κ2) is 41.9. The lowest BCUT2D eigenvalue weighted by Crippen LogP contribution is -2.25. The Hall–Kier alpha value is -3.21. The minimum absolute atomic E-state index is 0.0826. The summed E-state index contributed by atoms with van der Waals surface area (Å²) in [7, 11) is 3.97. The molecule has 0 spiro atoms. The summed E-state index contributed by atoms with van der Waals surface area (Å²) in [5.74, 6) is -1.12. The Morgan fingerprint density at radius 1 is 0.545 bits per heavy atom. The van der Waals surface area contributed by atoms with Crippen LogP contribution in [0.1, 0.15) is 227 Å². The summed E-state index contributed by atoms with van der Waals surface area (Å²) in [6.45, 7) is 9.87. The van der Waals surface area contributed by atoms with Gasteiger partial charge in [-0.15, -0.1) is 0 Å². The van der Waals surface area contributed by atoms with E-state index in [0.717, 1.165) is 96.4 Å². The van der Waals surface area contributed by atoms with Crippen LogP contribution in [0, 0.1) is 17.8 Å². The van der Waals surface area contributed by atoms with Crippen LogP contribution in [-0.4, -0.2) is 87.4 Å². The first kappa shape index (κ1) is 60.8. The van der Waals surface area contributed by atoms with E-state index in [0.29, 0.717) is 51.4 Å². The molecule has 0 heterocycles. The zero-order chi connectivity index (χ0) is 48.5. The monoisotopic (exact) mass is 932 g/mol. The summed E-state index contributed by atoms with van der Waals surface area (Å²) in [6.07, 6.45) is 35.2. The average Bonchev–Trinajstić information content (AvgIpc) is 3.61. The van der Waals surface area contributed by atoms with E-state index in [2.05, 4.69) is 56.9 Å². The molecule has 1 saturated carbocycles. The first-order chi connectivity index (χ1) is 32.0. The molecule has 0 aliphatic heterocycles. The van der Waals surface area contributed by atoms with Gasteiger partial charge < -0.3 is 28.6 Å². The highest BCUT2D eigenvalue weighted by Gasteiger charge is 2.36. The van der Waals surface area contributed by atoms with E-state index in [1.807, 2.05) is 14.1 Å². The number of nitrogens with zero attached hydrogens (tertiary/aromatic N) is 1. The summed E-state index contributed by atoms with van der Waals surface area (Å²) in [6, 6.07) is 0. The lowest BCUT2D eigenvalue weighted by Gasteiger charge is -2.21. The van der Waals surface area contributed by atoms with Gasteiger partial charge >= 0.3 is 29.8 Å². The third kappa shape index (κ3) is 35.0. The van der Waals surface area contributed by atoms with Gasteiger partial charge in [0.1, 0.15) is 12.2 Å². The van der Waals surface area contributed by atoms with Crippen molar-refractivity contribution in [2.75, 3.05) is 40.5 Å². The number of esters is 5. The molecule has 0 bridgehead atoms. The van der Waals surface area contributed by atoms with Gasteiger partial charge in [0.2, 0.25) is 0 Å². The Labute approximate surface area is 402 Å². The van der Waals surface area contributed by atoms with Gasteiger partial charge in [-0.2, -0.15) is 0 Å². The maximum absolute atomic E-state index is 13.2. The van der Waals surface area contributed by atoms with Crippen molar-refractivity contribution < 1.29 is 47.7 Å². The first-order valence-electron chi connectivity index (χ1n) is 26.8. The van der Waals surface area contributed by atoms with Gasteiger partial charge in [-0.05, 0) is 122 Å². The number of ether oxygens (including phenoxy) is 5. The molecule has 0 aromatic rings. The molecule has 11 heteroatoms. The third-order valence-corrected chi connectivity index (χ3v) is 12.7. The van der Waals surface area contributed by atoms with Crippen molar-refractivity contribution >= 4 is 29.8 Å². The Morgan fingerprint density at radius 3 is 1.70 bits per heavy atom. The van der Waals surface area contributed by atoms with Crippen LogP contribution < -0.4 is 0 Å². The Morgan fingerprint density at radius 2 is 1.08 bits per heavy atom. The molecular formula is C55H97NO10. The Balaban J connectivity index is 2.64. The molecule has 382 valence electrons. The summed E-state index contributed by atoms with van der Waals surface area (Å²) < 4.78 is 28.7. The fourth-order valence-electron chi connectivity index (χ4n) is 8.40. The van der Waals surface area contributed by atoms with Crippen LogP contribution >= 0.6 is 0 Å². The normalized spacial score (nSPS) is 16.6. The molecule has 1 fully saturated rings. The molecule has 0 radical (unpaired) electrons. The van der Waals surface area contributed by atoms with E-state index in [-0.39, 0.29) is 92.5 Å². The molecule has 0 aromatic carbocycles. The molecule has 0 aromatic heterocycles. The summed E-state index contributed by atoms with van der Waals surface area (Å²) >= 11 is 0. The van der Waals surface area contributed by atoms with Crippen LogP contribution in [0.25, 0.3) is 0 Å². The molecule has 0 amide bonds. The minimum Gasteiger partial charge on any atom is -0.466 e. The van der Waals surface area contributed by atoms with E-state index < -0.39 is 0 Å². The number of carbonyl (C=O) groups is 5. The number of hydrogen-bond donors (Lipinski definition) is 0. The fourth-order valence-corrected chi connectivity index (χ4v) is 8.40. The van der Waals surface area contributed by atoms with Gasteiger partial charge in [-0.25, -0.2) is 0 Å². The second-order valence-electron chi connectivity index (χ2n) is 19.2.